The Morgan fingerprint density at radius 3 is 2.14 bits per heavy atom. The Morgan fingerprint density at radius 1 is 1.07 bits per heavy atom. The van der Waals surface area contributed by atoms with Crippen molar-refractivity contribution in [2.75, 3.05) is 13.2 Å². The highest BCUT2D eigenvalue weighted by atomic mass is 28.2. The van der Waals surface area contributed by atoms with Gasteiger partial charge in [0.05, 0.1) is 0 Å². The second-order valence-corrected chi connectivity index (χ2v) is 5.37. The summed E-state index contributed by atoms with van der Waals surface area (Å²) in [6.07, 6.45) is 7.00. The molecule has 0 atom stereocenters. The van der Waals surface area contributed by atoms with E-state index in [0.717, 1.165) is 28.3 Å². The molecular formula is C11H22O2Si. The van der Waals surface area contributed by atoms with Crippen molar-refractivity contribution in [3.05, 3.63) is 0 Å². The molecule has 0 bridgehead atoms. The Hall–Kier alpha value is 0.137. The lowest BCUT2D eigenvalue weighted by atomic mass is 10.0. The molecule has 0 heterocycles. The summed E-state index contributed by atoms with van der Waals surface area (Å²) in [5.74, 6) is 0.0769. The molecule has 0 aromatic heterocycles. The second-order valence-electron chi connectivity index (χ2n) is 3.74. The highest BCUT2D eigenvalue weighted by Gasteiger charge is 2.20. The SMILES string of the molecule is CCOC(OCC)[Si]C1CCCCC1. The highest BCUT2D eigenvalue weighted by Crippen LogP contribution is 2.28. The first-order chi connectivity index (χ1) is 6.86. The quantitative estimate of drug-likeness (QED) is 0.500. The van der Waals surface area contributed by atoms with Crippen molar-refractivity contribution in [3.63, 3.8) is 0 Å². The van der Waals surface area contributed by atoms with E-state index in [1.165, 1.54) is 32.1 Å². The van der Waals surface area contributed by atoms with E-state index in [1.807, 2.05) is 13.8 Å². The summed E-state index contributed by atoms with van der Waals surface area (Å²) in [6.45, 7) is 5.61. The lowest BCUT2D eigenvalue weighted by Crippen LogP contribution is -2.28. The van der Waals surface area contributed by atoms with Gasteiger partial charge in [-0.1, -0.05) is 32.1 Å². The number of rotatable bonds is 6. The van der Waals surface area contributed by atoms with Gasteiger partial charge in [-0.15, -0.1) is 0 Å². The van der Waals surface area contributed by atoms with Gasteiger partial charge >= 0.3 is 0 Å². The van der Waals surface area contributed by atoms with E-state index < -0.39 is 0 Å². The largest absolute Gasteiger partial charge is 0.357 e. The molecule has 0 aromatic rings. The zero-order chi connectivity index (χ0) is 10.2. The van der Waals surface area contributed by atoms with Crippen LogP contribution in [0.2, 0.25) is 5.54 Å². The van der Waals surface area contributed by atoms with Crippen LogP contribution >= 0.6 is 0 Å². The van der Waals surface area contributed by atoms with Gasteiger partial charge < -0.3 is 9.47 Å². The van der Waals surface area contributed by atoms with Crippen LogP contribution in [0, 0.1) is 0 Å². The molecule has 0 amide bonds. The minimum atomic E-state index is 0.0769. The third-order valence-corrected chi connectivity index (χ3v) is 4.27. The Kier molecular flexibility index (Phi) is 6.48. The zero-order valence-corrected chi connectivity index (χ0v) is 10.4. The molecule has 2 radical (unpaired) electrons. The molecule has 0 unspecified atom stereocenters. The maximum absolute atomic E-state index is 5.58. The molecule has 0 aromatic carbocycles. The number of ether oxygens (including phenoxy) is 2. The molecule has 0 aliphatic heterocycles. The summed E-state index contributed by atoms with van der Waals surface area (Å²) in [7, 11) is 0.842. The zero-order valence-electron chi connectivity index (χ0n) is 9.42. The predicted molar refractivity (Wildman–Crippen MR) is 59.6 cm³/mol. The van der Waals surface area contributed by atoms with Crippen molar-refractivity contribution < 1.29 is 9.47 Å². The van der Waals surface area contributed by atoms with E-state index in [1.54, 1.807) is 0 Å². The number of hydrogen-bond donors (Lipinski definition) is 0. The normalized spacial score (nSPS) is 19.1. The Bertz CT molecular complexity index is 129. The smallest absolute Gasteiger partial charge is 0.137 e. The minimum Gasteiger partial charge on any atom is -0.357 e. The minimum absolute atomic E-state index is 0.0769. The van der Waals surface area contributed by atoms with Crippen LogP contribution in [-0.2, 0) is 9.47 Å². The van der Waals surface area contributed by atoms with Gasteiger partial charge in [-0.3, -0.25) is 0 Å². The molecule has 82 valence electrons. The topological polar surface area (TPSA) is 18.5 Å². The molecule has 1 rings (SSSR count). The molecular weight excluding hydrogens is 192 g/mol. The van der Waals surface area contributed by atoms with Crippen LogP contribution in [0.25, 0.3) is 0 Å². The Labute approximate surface area is 90.2 Å². The van der Waals surface area contributed by atoms with E-state index in [-0.39, 0.29) is 5.91 Å². The Balaban J connectivity index is 2.21. The molecule has 1 fully saturated rings. The van der Waals surface area contributed by atoms with Crippen LogP contribution in [0.1, 0.15) is 46.0 Å². The summed E-state index contributed by atoms with van der Waals surface area (Å²) in [5.41, 5.74) is 0.867. The lowest BCUT2D eigenvalue weighted by molar-refractivity contribution is -0.0836. The Morgan fingerprint density at radius 2 is 1.64 bits per heavy atom. The van der Waals surface area contributed by atoms with Crippen LogP contribution in [0.5, 0.6) is 0 Å². The van der Waals surface area contributed by atoms with Crippen molar-refractivity contribution in [3.8, 4) is 0 Å². The first-order valence-electron chi connectivity index (χ1n) is 5.86. The van der Waals surface area contributed by atoms with E-state index >= 15 is 0 Å². The maximum Gasteiger partial charge on any atom is 0.137 e. The molecule has 0 saturated heterocycles. The van der Waals surface area contributed by atoms with E-state index in [9.17, 15) is 0 Å². The highest BCUT2D eigenvalue weighted by molar-refractivity contribution is 6.38. The summed E-state index contributed by atoms with van der Waals surface area (Å²) < 4.78 is 11.2. The van der Waals surface area contributed by atoms with Crippen LogP contribution in [0.3, 0.4) is 0 Å². The van der Waals surface area contributed by atoms with Crippen LogP contribution < -0.4 is 0 Å². The van der Waals surface area contributed by atoms with Gasteiger partial charge in [0.25, 0.3) is 0 Å². The van der Waals surface area contributed by atoms with E-state index in [4.69, 9.17) is 9.47 Å². The van der Waals surface area contributed by atoms with Crippen LogP contribution in [0.4, 0.5) is 0 Å². The molecule has 0 spiro atoms. The van der Waals surface area contributed by atoms with Crippen LogP contribution in [-0.4, -0.2) is 28.6 Å². The molecule has 1 aliphatic rings. The lowest BCUT2D eigenvalue weighted by Gasteiger charge is -2.25. The summed E-state index contributed by atoms with van der Waals surface area (Å²) >= 11 is 0. The van der Waals surface area contributed by atoms with Gasteiger partial charge in [0.2, 0.25) is 0 Å². The fraction of sp³-hybridized carbons (Fsp3) is 1.00. The van der Waals surface area contributed by atoms with Crippen molar-refractivity contribution in [1.82, 2.24) is 0 Å². The van der Waals surface area contributed by atoms with Crippen molar-refractivity contribution in [2.24, 2.45) is 0 Å². The van der Waals surface area contributed by atoms with Gasteiger partial charge in [-0.25, -0.2) is 0 Å². The van der Waals surface area contributed by atoms with Crippen LogP contribution in [0.15, 0.2) is 0 Å². The summed E-state index contributed by atoms with van der Waals surface area (Å²) in [4.78, 5) is 0. The standard InChI is InChI=1S/C11H22O2Si/c1-3-12-11(13-4-2)14-10-8-6-5-7-9-10/h10-11H,3-9H2,1-2H3. The van der Waals surface area contributed by atoms with Gasteiger partial charge in [-0.2, -0.15) is 0 Å². The predicted octanol–water partition coefficient (Wildman–Crippen LogP) is 2.80. The molecule has 14 heavy (non-hydrogen) atoms. The fourth-order valence-electron chi connectivity index (χ4n) is 1.91. The average Bonchev–Trinajstić information content (AvgIpc) is 2.20. The summed E-state index contributed by atoms with van der Waals surface area (Å²) in [6, 6.07) is 0. The van der Waals surface area contributed by atoms with Gasteiger partial charge in [0.15, 0.2) is 0 Å². The van der Waals surface area contributed by atoms with Gasteiger partial charge in [0.1, 0.15) is 15.4 Å². The van der Waals surface area contributed by atoms with Crippen molar-refractivity contribution in [1.29, 1.82) is 0 Å². The monoisotopic (exact) mass is 214 g/mol. The van der Waals surface area contributed by atoms with Gasteiger partial charge in [-0.05, 0) is 19.4 Å². The molecule has 0 N–H and O–H groups in total. The second kappa shape index (κ2) is 7.43. The number of hydrogen-bond acceptors (Lipinski definition) is 2. The molecule has 1 aliphatic carbocycles. The summed E-state index contributed by atoms with van der Waals surface area (Å²) in [5, 5.41) is 0. The third kappa shape index (κ3) is 4.58. The van der Waals surface area contributed by atoms with Crippen molar-refractivity contribution >= 4 is 9.52 Å². The molecule has 3 heteroatoms. The van der Waals surface area contributed by atoms with Crippen molar-refractivity contribution in [2.45, 2.75) is 57.4 Å². The fourth-order valence-corrected chi connectivity index (χ4v) is 3.56. The van der Waals surface area contributed by atoms with E-state index in [0.29, 0.717) is 0 Å². The first kappa shape index (κ1) is 12.2. The molecule has 1 saturated carbocycles. The maximum atomic E-state index is 5.58. The first-order valence-corrected chi connectivity index (χ1v) is 7.01. The van der Waals surface area contributed by atoms with Gasteiger partial charge in [0, 0.05) is 13.2 Å². The molecule has 2 nitrogen and oxygen atoms in total. The van der Waals surface area contributed by atoms with E-state index in [2.05, 4.69) is 0 Å². The average molecular weight is 214 g/mol. The third-order valence-electron chi connectivity index (χ3n) is 2.61.